The third-order valence-electron chi connectivity index (χ3n) is 0.866. The van der Waals surface area contributed by atoms with Crippen LogP contribution in [0.1, 0.15) is 20.8 Å². The Morgan fingerprint density at radius 2 is 0.750 bits per heavy atom. The van der Waals surface area contributed by atoms with Crippen LogP contribution in [0.2, 0.25) is 0 Å². The molecule has 0 N–H and O–H groups in total. The minimum absolute atomic E-state index is 0. The van der Waals surface area contributed by atoms with Gasteiger partial charge in [0.05, 0.1) is 0 Å². The average Bonchev–Trinajstić information content (AvgIpc) is 2.19. The zero-order valence-corrected chi connectivity index (χ0v) is 13.8. The molecule has 0 aliphatic carbocycles. The predicted molar refractivity (Wildman–Crippen MR) is 64.4 cm³/mol. The second-order valence-electron chi connectivity index (χ2n) is 2.18. The van der Waals surface area contributed by atoms with Gasteiger partial charge in [-0.15, -0.1) is 0 Å². The number of rotatable bonds is 3. The van der Waals surface area contributed by atoms with Gasteiger partial charge in [0.1, 0.15) is 0 Å². The largest absolute Gasteiger partial charge is 3.00 e. The van der Waals surface area contributed by atoms with Crippen LogP contribution < -0.4 is 14.7 Å². The standard InChI is InChI=1S/3C2H7O2P.Al/c3*1-2-5(3)4;/h3*5H,2H2,1H3,(H,3,4);/q;;;+3/p-3. The fraction of sp³-hybridized carbons (Fsp3) is 1.00. The molecule has 16 heavy (non-hydrogen) atoms. The molecule has 0 heterocycles. The Hall–Kier alpha value is 1.10. The molecule has 0 saturated carbocycles. The van der Waals surface area contributed by atoms with Crippen LogP contribution in [0, 0.1) is 0 Å². The molecular formula is C6H18AlO6P3. The summed E-state index contributed by atoms with van der Waals surface area (Å²) in [5.74, 6) is 0. The molecule has 0 rings (SSSR count). The second-order valence-corrected chi connectivity index (χ2v) is 6.53. The van der Waals surface area contributed by atoms with Crippen LogP contribution in [0.25, 0.3) is 0 Å². The van der Waals surface area contributed by atoms with E-state index in [0.717, 1.165) is 0 Å². The van der Waals surface area contributed by atoms with Crippen molar-refractivity contribution in [3.05, 3.63) is 0 Å². The summed E-state index contributed by atoms with van der Waals surface area (Å²) in [6.45, 7) is 4.86. The van der Waals surface area contributed by atoms with Crippen LogP contribution in [0.5, 0.6) is 0 Å². The zero-order valence-electron chi connectivity index (χ0n) is 9.65. The van der Waals surface area contributed by atoms with Crippen molar-refractivity contribution in [1.82, 2.24) is 0 Å². The summed E-state index contributed by atoms with van der Waals surface area (Å²) in [6.07, 6.45) is 0.889. The number of hydrogen-bond acceptors (Lipinski definition) is 6. The first-order valence-electron chi connectivity index (χ1n) is 4.41. The van der Waals surface area contributed by atoms with E-state index < -0.39 is 24.1 Å². The van der Waals surface area contributed by atoms with E-state index in [4.69, 9.17) is 0 Å². The van der Waals surface area contributed by atoms with Gasteiger partial charge in [-0.3, -0.25) is 0 Å². The van der Waals surface area contributed by atoms with Gasteiger partial charge in [0.25, 0.3) is 0 Å². The summed E-state index contributed by atoms with van der Waals surface area (Å²) in [5.41, 5.74) is 0. The van der Waals surface area contributed by atoms with E-state index in [1.807, 2.05) is 0 Å². The monoisotopic (exact) mass is 306 g/mol. The molecule has 0 aliphatic rings. The molecule has 0 saturated heterocycles. The van der Waals surface area contributed by atoms with Crippen molar-refractivity contribution in [2.75, 3.05) is 18.5 Å². The molecule has 0 aromatic heterocycles. The Labute approximate surface area is 109 Å². The third-order valence-corrected chi connectivity index (χ3v) is 2.60. The first kappa shape index (κ1) is 25.8. The topological polar surface area (TPSA) is 120 Å². The Kier molecular flexibility index (Phi) is 34.5. The molecule has 0 fully saturated rings. The maximum Gasteiger partial charge on any atom is 3.00 e. The van der Waals surface area contributed by atoms with Crippen molar-refractivity contribution in [2.24, 2.45) is 0 Å². The molecule has 0 aromatic carbocycles. The van der Waals surface area contributed by atoms with Gasteiger partial charge in [-0.25, -0.2) is 0 Å². The van der Waals surface area contributed by atoms with Gasteiger partial charge in [0.2, 0.25) is 0 Å². The average molecular weight is 306 g/mol. The molecule has 6 nitrogen and oxygen atoms in total. The molecule has 0 bridgehead atoms. The van der Waals surface area contributed by atoms with Gasteiger partial charge >= 0.3 is 17.4 Å². The van der Waals surface area contributed by atoms with Crippen LogP contribution in [0.3, 0.4) is 0 Å². The van der Waals surface area contributed by atoms with E-state index in [-0.39, 0.29) is 17.4 Å². The Morgan fingerprint density at radius 3 is 0.750 bits per heavy atom. The van der Waals surface area contributed by atoms with Gasteiger partial charge in [0, 0.05) is 24.1 Å². The van der Waals surface area contributed by atoms with Crippen molar-refractivity contribution >= 4 is 41.4 Å². The van der Waals surface area contributed by atoms with Crippen molar-refractivity contribution in [3.63, 3.8) is 0 Å². The zero-order chi connectivity index (χ0) is 12.9. The van der Waals surface area contributed by atoms with Crippen LogP contribution in [-0.4, -0.2) is 35.8 Å². The molecule has 0 spiro atoms. The molecule has 96 valence electrons. The summed E-state index contributed by atoms with van der Waals surface area (Å²) in [6, 6.07) is 0. The van der Waals surface area contributed by atoms with Crippen LogP contribution in [-0.2, 0) is 13.7 Å². The molecule has 3 unspecified atom stereocenters. The fourth-order valence-corrected chi connectivity index (χ4v) is 0. The van der Waals surface area contributed by atoms with Gasteiger partial charge in [0.15, 0.2) is 0 Å². The van der Waals surface area contributed by atoms with E-state index in [9.17, 15) is 28.4 Å². The fourth-order valence-electron chi connectivity index (χ4n) is 0. The molecule has 10 heteroatoms. The molecule has 0 radical (unpaired) electrons. The Bertz CT molecular complexity index is 167. The van der Waals surface area contributed by atoms with E-state index in [1.165, 1.54) is 0 Å². The number of hydrogen-bond donors (Lipinski definition) is 0. The van der Waals surface area contributed by atoms with E-state index in [1.54, 1.807) is 20.8 Å². The summed E-state index contributed by atoms with van der Waals surface area (Å²) in [4.78, 5) is 28.3. The molecular weight excluding hydrogens is 288 g/mol. The Morgan fingerprint density at radius 1 is 0.688 bits per heavy atom. The van der Waals surface area contributed by atoms with Crippen LogP contribution in [0.15, 0.2) is 0 Å². The summed E-state index contributed by atoms with van der Waals surface area (Å²) >= 11 is 0. The Balaban J connectivity index is -0.0000000655. The van der Waals surface area contributed by atoms with Crippen molar-refractivity contribution in [1.29, 1.82) is 0 Å². The van der Waals surface area contributed by atoms with Gasteiger partial charge < -0.3 is 28.4 Å². The third kappa shape index (κ3) is 59.5. The first-order valence-corrected chi connectivity index (χ1v) is 8.98. The van der Waals surface area contributed by atoms with Crippen LogP contribution in [0.4, 0.5) is 0 Å². The smallest absolute Gasteiger partial charge is 0.802 e. The molecule has 0 amide bonds. The quantitative estimate of drug-likeness (QED) is 0.494. The summed E-state index contributed by atoms with van der Waals surface area (Å²) < 4.78 is 28.3. The molecule has 3 atom stereocenters. The van der Waals surface area contributed by atoms with E-state index >= 15 is 0 Å². The minimum Gasteiger partial charge on any atom is -0.802 e. The van der Waals surface area contributed by atoms with E-state index in [0.29, 0.717) is 18.5 Å². The van der Waals surface area contributed by atoms with Gasteiger partial charge in [-0.2, -0.15) is 0 Å². The molecule has 0 aromatic rings. The van der Waals surface area contributed by atoms with Crippen molar-refractivity contribution < 1.29 is 28.4 Å². The maximum atomic E-state index is 9.44. The van der Waals surface area contributed by atoms with Crippen LogP contribution >= 0.6 is 24.1 Å². The van der Waals surface area contributed by atoms with E-state index in [2.05, 4.69) is 0 Å². The summed E-state index contributed by atoms with van der Waals surface area (Å²) in [5, 5.41) is 0. The van der Waals surface area contributed by atoms with Gasteiger partial charge in [-0.05, 0) is 18.5 Å². The predicted octanol–water partition coefficient (Wildman–Crippen LogP) is -0.857. The summed E-state index contributed by atoms with van der Waals surface area (Å²) in [7, 11) is -7.12. The van der Waals surface area contributed by atoms with Crippen molar-refractivity contribution in [2.45, 2.75) is 20.8 Å². The maximum absolute atomic E-state index is 9.44. The minimum atomic E-state index is -2.37. The first-order chi connectivity index (χ1) is 6.81. The SMILES string of the molecule is CC[PH](=O)[O-].CC[PH](=O)[O-].CC[PH](=O)[O-].[Al+3]. The second kappa shape index (κ2) is 21.4. The molecule has 0 aliphatic heterocycles. The van der Waals surface area contributed by atoms with Gasteiger partial charge in [-0.1, -0.05) is 20.8 Å². The van der Waals surface area contributed by atoms with Crippen molar-refractivity contribution in [3.8, 4) is 0 Å². The normalized spacial score (nSPS) is 13.9.